The largest absolute Gasteiger partial charge is 0.452 e. The molecule has 1 aliphatic heterocycles. The number of ether oxygens (including phenoxy) is 1. The van der Waals surface area contributed by atoms with Crippen LogP contribution in [0.25, 0.3) is 0 Å². The highest BCUT2D eigenvalue weighted by molar-refractivity contribution is 7.10. The first-order valence-electron chi connectivity index (χ1n) is 9.04. The number of rotatable bonds is 5. The van der Waals surface area contributed by atoms with E-state index in [-0.39, 0.29) is 5.56 Å². The van der Waals surface area contributed by atoms with Gasteiger partial charge in [-0.05, 0) is 50.1 Å². The smallest absolute Gasteiger partial charge is 0.344 e. The lowest BCUT2D eigenvalue weighted by Crippen LogP contribution is -2.52. The second-order valence-corrected chi connectivity index (χ2v) is 7.94. The number of aryl methyl sites for hydroxylation is 1. The molecule has 2 aliphatic rings. The summed E-state index contributed by atoms with van der Waals surface area (Å²) in [5.41, 5.74) is 2.03. The molecular formula is C17H23N5O5S. The van der Waals surface area contributed by atoms with Crippen LogP contribution >= 0.6 is 11.5 Å². The van der Waals surface area contributed by atoms with Gasteiger partial charge >= 0.3 is 12.0 Å². The van der Waals surface area contributed by atoms with Crippen molar-refractivity contribution in [2.45, 2.75) is 45.1 Å². The Kier molecular flexibility index (Phi) is 5.54. The highest BCUT2D eigenvalue weighted by atomic mass is 32.1. The molecule has 3 N–H and O–H groups in total. The summed E-state index contributed by atoms with van der Waals surface area (Å²) in [5, 5.41) is 6.76. The van der Waals surface area contributed by atoms with Crippen LogP contribution < -0.4 is 16.1 Å². The van der Waals surface area contributed by atoms with Gasteiger partial charge in [-0.15, -0.1) is 0 Å². The fourth-order valence-electron chi connectivity index (χ4n) is 3.46. The first kappa shape index (κ1) is 20.1. The lowest BCUT2D eigenvalue weighted by Gasteiger charge is -2.33. The summed E-state index contributed by atoms with van der Waals surface area (Å²) in [6, 6.07) is -0.672. The van der Waals surface area contributed by atoms with Crippen LogP contribution in [0.3, 0.4) is 0 Å². The molecule has 2 fully saturated rings. The van der Waals surface area contributed by atoms with Crippen molar-refractivity contribution in [3.8, 4) is 0 Å². The van der Waals surface area contributed by atoms with Gasteiger partial charge in [0.25, 0.3) is 11.8 Å². The zero-order chi connectivity index (χ0) is 20.5. The van der Waals surface area contributed by atoms with Gasteiger partial charge in [0.15, 0.2) is 6.61 Å². The van der Waals surface area contributed by atoms with Gasteiger partial charge in [0.2, 0.25) is 0 Å². The van der Waals surface area contributed by atoms with E-state index >= 15 is 0 Å². The molecule has 0 bridgehead atoms. The number of amides is 4. The number of hydrogen-bond donors (Lipinski definition) is 3. The molecule has 152 valence electrons. The van der Waals surface area contributed by atoms with Gasteiger partial charge < -0.3 is 15.4 Å². The lowest BCUT2D eigenvalue weighted by atomic mass is 9.77. The third-order valence-electron chi connectivity index (χ3n) is 5.15. The second kappa shape index (κ2) is 7.74. The normalized spacial score (nSPS) is 24.2. The minimum Gasteiger partial charge on any atom is -0.452 e. The van der Waals surface area contributed by atoms with Crippen molar-refractivity contribution < 1.29 is 23.9 Å². The number of hydrazine groups is 1. The molecule has 0 unspecified atom stereocenters. The number of urea groups is 1. The van der Waals surface area contributed by atoms with Crippen LogP contribution in [0.15, 0.2) is 0 Å². The van der Waals surface area contributed by atoms with Crippen LogP contribution in [0.5, 0.6) is 0 Å². The maximum Gasteiger partial charge on any atom is 0.344 e. The van der Waals surface area contributed by atoms with E-state index in [0.717, 1.165) is 24.4 Å². The molecule has 1 aliphatic carbocycles. The molecule has 0 radical (unpaired) electrons. The van der Waals surface area contributed by atoms with E-state index < -0.39 is 36.0 Å². The lowest BCUT2D eigenvalue weighted by molar-refractivity contribution is -0.141. The van der Waals surface area contributed by atoms with E-state index in [1.807, 2.05) is 0 Å². The third-order valence-corrected chi connectivity index (χ3v) is 6.11. The van der Waals surface area contributed by atoms with E-state index in [4.69, 9.17) is 4.74 Å². The predicted molar refractivity (Wildman–Crippen MR) is 101 cm³/mol. The Balaban J connectivity index is 1.57. The maximum atomic E-state index is 12.7. The standard InChI is InChI=1S/C17H23N5O5S/c1-9-4-6-17(7-5-9)15(25)22(16(26)19-17)20-11(23)8-27-14(24)12-10(2)21-28-13(12)18-3/h9,18H,4-8H2,1-3H3,(H,19,26)(H,20,23). The molecule has 28 heavy (non-hydrogen) atoms. The number of carbonyl (C=O) groups excluding carboxylic acids is 4. The highest BCUT2D eigenvalue weighted by Crippen LogP contribution is 2.35. The van der Waals surface area contributed by atoms with E-state index in [1.165, 1.54) is 0 Å². The van der Waals surface area contributed by atoms with Crippen molar-refractivity contribution >= 4 is 40.3 Å². The Labute approximate surface area is 166 Å². The van der Waals surface area contributed by atoms with Crippen molar-refractivity contribution in [1.82, 2.24) is 20.1 Å². The van der Waals surface area contributed by atoms with Crippen molar-refractivity contribution in [2.24, 2.45) is 5.92 Å². The Morgan fingerprint density at radius 3 is 2.68 bits per heavy atom. The van der Waals surface area contributed by atoms with Gasteiger partial charge in [-0.2, -0.15) is 9.38 Å². The third kappa shape index (κ3) is 3.66. The van der Waals surface area contributed by atoms with Crippen molar-refractivity contribution in [3.05, 3.63) is 11.3 Å². The summed E-state index contributed by atoms with van der Waals surface area (Å²) >= 11 is 1.11. The number of carbonyl (C=O) groups is 4. The van der Waals surface area contributed by atoms with Gasteiger partial charge in [0.05, 0.1) is 5.69 Å². The molecule has 1 aromatic rings. The average molecular weight is 409 g/mol. The van der Waals surface area contributed by atoms with Crippen molar-refractivity contribution in [1.29, 1.82) is 0 Å². The van der Waals surface area contributed by atoms with Crippen LogP contribution in [0.1, 0.15) is 48.7 Å². The molecule has 2 heterocycles. The summed E-state index contributed by atoms with van der Waals surface area (Å²) in [6.45, 7) is 3.14. The minimum absolute atomic E-state index is 0.255. The maximum absolute atomic E-state index is 12.7. The molecular weight excluding hydrogens is 386 g/mol. The summed E-state index contributed by atoms with van der Waals surface area (Å²) in [6.07, 6.45) is 2.73. The van der Waals surface area contributed by atoms with Crippen molar-refractivity contribution in [2.75, 3.05) is 19.0 Å². The highest BCUT2D eigenvalue weighted by Gasteiger charge is 2.52. The van der Waals surface area contributed by atoms with Crippen LogP contribution in [0.4, 0.5) is 9.80 Å². The van der Waals surface area contributed by atoms with Gasteiger partial charge in [-0.3, -0.25) is 15.0 Å². The fourth-order valence-corrected chi connectivity index (χ4v) is 4.19. The van der Waals surface area contributed by atoms with Crippen LogP contribution in [0.2, 0.25) is 0 Å². The molecule has 1 saturated heterocycles. The van der Waals surface area contributed by atoms with Gasteiger partial charge in [-0.1, -0.05) is 6.92 Å². The fraction of sp³-hybridized carbons (Fsp3) is 0.588. The number of esters is 1. The molecule has 1 aromatic heterocycles. The van der Waals surface area contributed by atoms with E-state index in [2.05, 4.69) is 27.4 Å². The summed E-state index contributed by atoms with van der Waals surface area (Å²) in [5.74, 6) is -1.46. The van der Waals surface area contributed by atoms with E-state index in [1.54, 1.807) is 14.0 Å². The average Bonchev–Trinajstić information content (AvgIpc) is 3.15. The molecule has 0 aromatic carbocycles. The Hall–Kier alpha value is -2.69. The molecule has 1 saturated carbocycles. The Bertz CT molecular complexity index is 815. The van der Waals surface area contributed by atoms with Gasteiger partial charge in [-0.25, -0.2) is 9.59 Å². The van der Waals surface area contributed by atoms with E-state index in [9.17, 15) is 19.2 Å². The van der Waals surface area contributed by atoms with Crippen LogP contribution in [-0.2, 0) is 14.3 Å². The number of hydrogen-bond acceptors (Lipinski definition) is 8. The van der Waals surface area contributed by atoms with E-state index in [0.29, 0.717) is 34.5 Å². The molecule has 0 atom stereocenters. The monoisotopic (exact) mass is 409 g/mol. The van der Waals surface area contributed by atoms with Crippen molar-refractivity contribution in [3.63, 3.8) is 0 Å². The van der Waals surface area contributed by atoms with Crippen LogP contribution in [0, 0.1) is 12.8 Å². The molecule has 11 heteroatoms. The number of anilines is 1. The minimum atomic E-state index is -0.950. The Morgan fingerprint density at radius 1 is 1.36 bits per heavy atom. The number of imide groups is 1. The van der Waals surface area contributed by atoms with Gasteiger partial charge in [0, 0.05) is 7.05 Å². The second-order valence-electron chi connectivity index (χ2n) is 7.17. The SMILES string of the molecule is CNc1snc(C)c1C(=O)OCC(=O)NN1C(=O)NC2(CCC(C)CC2)C1=O. The number of nitrogens with one attached hydrogen (secondary N) is 3. The first-order chi connectivity index (χ1) is 13.3. The Morgan fingerprint density at radius 2 is 2.04 bits per heavy atom. The summed E-state index contributed by atoms with van der Waals surface area (Å²) in [7, 11) is 1.65. The molecule has 1 spiro atoms. The van der Waals surface area contributed by atoms with Gasteiger partial charge in [0.1, 0.15) is 16.1 Å². The quantitative estimate of drug-likeness (QED) is 0.492. The number of nitrogens with zero attached hydrogens (tertiary/aromatic N) is 2. The predicted octanol–water partition coefficient (Wildman–Crippen LogP) is 1.18. The molecule has 3 rings (SSSR count). The molecule has 10 nitrogen and oxygen atoms in total. The van der Waals surface area contributed by atoms with Crippen LogP contribution in [-0.4, -0.2) is 52.4 Å². The number of aromatic nitrogens is 1. The molecule has 4 amide bonds. The first-order valence-corrected chi connectivity index (χ1v) is 9.82. The zero-order valence-electron chi connectivity index (χ0n) is 16.0. The summed E-state index contributed by atoms with van der Waals surface area (Å²) < 4.78 is 9.07. The zero-order valence-corrected chi connectivity index (χ0v) is 16.8. The summed E-state index contributed by atoms with van der Waals surface area (Å²) in [4.78, 5) is 49.2. The topological polar surface area (TPSA) is 130 Å².